The zero-order valence-corrected chi connectivity index (χ0v) is 16.5. The Balaban J connectivity index is 2.02. The number of anilines is 3. The Labute approximate surface area is 169 Å². The largest absolute Gasteiger partial charge is 0.495 e. The van der Waals surface area contributed by atoms with E-state index in [9.17, 15) is 0 Å². The van der Waals surface area contributed by atoms with Crippen molar-refractivity contribution in [1.29, 1.82) is 0 Å². The summed E-state index contributed by atoms with van der Waals surface area (Å²) in [5.41, 5.74) is 2.41. The molecule has 1 aromatic heterocycles. The highest BCUT2D eigenvalue weighted by atomic mass is 35.5. The molecule has 0 fully saturated rings. The first-order valence-electron chi connectivity index (χ1n) is 8.62. The molecule has 2 N–H and O–H groups in total. The molecule has 3 aromatic rings. The molecular weight excluding hydrogens is 376 g/mol. The number of methoxy groups -OCH3 is 2. The number of hydrogen-bond acceptors (Lipinski definition) is 6. The van der Waals surface area contributed by atoms with Crippen LogP contribution in [0.3, 0.4) is 0 Å². The maximum absolute atomic E-state index is 6.19. The van der Waals surface area contributed by atoms with Crippen LogP contribution >= 0.6 is 11.6 Å². The minimum Gasteiger partial charge on any atom is -0.495 e. The van der Waals surface area contributed by atoms with Crippen molar-refractivity contribution in [2.24, 2.45) is 0 Å². The molecule has 3 rings (SSSR count). The highest BCUT2D eigenvalue weighted by Gasteiger charge is 2.13. The summed E-state index contributed by atoms with van der Waals surface area (Å²) in [6.07, 6.45) is 1.77. The van der Waals surface area contributed by atoms with Gasteiger partial charge in [0.25, 0.3) is 0 Å². The molecule has 0 aliphatic carbocycles. The van der Waals surface area contributed by atoms with Crippen LogP contribution < -0.4 is 20.1 Å². The maximum Gasteiger partial charge on any atom is 0.229 e. The van der Waals surface area contributed by atoms with E-state index in [2.05, 4.69) is 27.2 Å². The summed E-state index contributed by atoms with van der Waals surface area (Å²) in [5, 5.41) is 6.86. The molecule has 0 spiro atoms. The van der Waals surface area contributed by atoms with E-state index in [1.54, 1.807) is 32.4 Å². The van der Waals surface area contributed by atoms with Gasteiger partial charge < -0.3 is 20.1 Å². The molecule has 0 atom stereocenters. The molecule has 0 aliphatic heterocycles. The minimum atomic E-state index is 0.413. The third-order valence-electron chi connectivity index (χ3n) is 3.94. The zero-order chi connectivity index (χ0) is 19.9. The molecule has 1 heterocycles. The lowest BCUT2D eigenvalue weighted by Crippen LogP contribution is -2.06. The summed E-state index contributed by atoms with van der Waals surface area (Å²) in [5.74, 6) is 2.17. The molecule has 0 saturated carbocycles. The van der Waals surface area contributed by atoms with Gasteiger partial charge in [-0.1, -0.05) is 48.0 Å². The molecular formula is C21H21ClN4O2. The third kappa shape index (κ3) is 4.53. The number of benzene rings is 2. The van der Waals surface area contributed by atoms with Crippen LogP contribution in [0.15, 0.2) is 61.2 Å². The standard InChI is InChI=1S/C21H21ClN4O2/c1-4-10-23-20-13-16(14-8-6-5-7-9-14)24-21(26-20)25-17-12-18(27-2)15(22)11-19(17)28-3/h4-9,11-13H,1,10H2,2-3H3,(H2,23,24,25,26). The zero-order valence-electron chi connectivity index (χ0n) is 15.7. The van der Waals surface area contributed by atoms with Crippen molar-refractivity contribution in [2.45, 2.75) is 0 Å². The van der Waals surface area contributed by atoms with Crippen LogP contribution in [-0.4, -0.2) is 30.7 Å². The second kappa shape index (κ2) is 9.10. The fourth-order valence-corrected chi connectivity index (χ4v) is 2.84. The highest BCUT2D eigenvalue weighted by Crippen LogP contribution is 2.37. The van der Waals surface area contributed by atoms with E-state index >= 15 is 0 Å². The minimum absolute atomic E-state index is 0.413. The summed E-state index contributed by atoms with van der Waals surface area (Å²) in [4.78, 5) is 9.18. The lowest BCUT2D eigenvalue weighted by Gasteiger charge is -2.14. The fourth-order valence-electron chi connectivity index (χ4n) is 2.61. The molecule has 0 radical (unpaired) electrons. The van der Waals surface area contributed by atoms with E-state index < -0.39 is 0 Å². The SMILES string of the molecule is C=CCNc1cc(-c2ccccc2)nc(Nc2cc(OC)c(Cl)cc2OC)n1. The number of aromatic nitrogens is 2. The second-order valence-corrected chi connectivity index (χ2v) is 6.22. The van der Waals surface area contributed by atoms with Gasteiger partial charge in [-0.05, 0) is 0 Å². The van der Waals surface area contributed by atoms with Crippen molar-refractivity contribution in [3.8, 4) is 22.8 Å². The van der Waals surface area contributed by atoms with Crippen LogP contribution in [-0.2, 0) is 0 Å². The van der Waals surface area contributed by atoms with Gasteiger partial charge in [-0.15, -0.1) is 6.58 Å². The fraction of sp³-hybridized carbons (Fsp3) is 0.143. The summed E-state index contributed by atoms with van der Waals surface area (Å²) >= 11 is 6.19. The van der Waals surface area contributed by atoms with Crippen LogP contribution in [0.25, 0.3) is 11.3 Å². The molecule has 6 nitrogen and oxygen atoms in total. The Bertz CT molecular complexity index is 964. The van der Waals surface area contributed by atoms with E-state index in [1.165, 1.54) is 0 Å². The first kappa shape index (κ1) is 19.5. The predicted octanol–water partition coefficient (Wildman–Crippen LogP) is 5.16. The van der Waals surface area contributed by atoms with Gasteiger partial charge in [0, 0.05) is 30.3 Å². The molecule has 144 valence electrons. The van der Waals surface area contributed by atoms with Crippen LogP contribution in [0.4, 0.5) is 17.5 Å². The van der Waals surface area contributed by atoms with Crippen molar-refractivity contribution in [2.75, 3.05) is 31.4 Å². The Kier molecular flexibility index (Phi) is 6.34. The smallest absolute Gasteiger partial charge is 0.229 e. The first-order chi connectivity index (χ1) is 13.6. The number of nitrogens with zero attached hydrogens (tertiary/aromatic N) is 2. The normalized spacial score (nSPS) is 10.2. The van der Waals surface area contributed by atoms with E-state index in [0.717, 1.165) is 11.3 Å². The molecule has 0 saturated heterocycles. The van der Waals surface area contributed by atoms with Crippen molar-refractivity contribution in [3.05, 3.63) is 66.2 Å². The number of hydrogen-bond donors (Lipinski definition) is 2. The highest BCUT2D eigenvalue weighted by molar-refractivity contribution is 6.32. The Morgan fingerprint density at radius 1 is 1.04 bits per heavy atom. The van der Waals surface area contributed by atoms with Gasteiger partial charge in [0.1, 0.15) is 17.3 Å². The lowest BCUT2D eigenvalue weighted by atomic mass is 10.1. The van der Waals surface area contributed by atoms with E-state index in [1.807, 2.05) is 36.4 Å². The summed E-state index contributed by atoms with van der Waals surface area (Å²) < 4.78 is 10.7. The average Bonchev–Trinajstić information content (AvgIpc) is 2.73. The number of nitrogens with one attached hydrogen (secondary N) is 2. The number of ether oxygens (including phenoxy) is 2. The first-order valence-corrected chi connectivity index (χ1v) is 9.00. The maximum atomic E-state index is 6.19. The van der Waals surface area contributed by atoms with Crippen LogP contribution in [0.5, 0.6) is 11.5 Å². The van der Waals surface area contributed by atoms with Gasteiger partial charge in [-0.25, -0.2) is 4.98 Å². The van der Waals surface area contributed by atoms with Crippen molar-refractivity contribution in [3.63, 3.8) is 0 Å². The summed E-state index contributed by atoms with van der Waals surface area (Å²) in [7, 11) is 3.13. The topological polar surface area (TPSA) is 68.3 Å². The van der Waals surface area contributed by atoms with E-state index in [0.29, 0.717) is 40.5 Å². The van der Waals surface area contributed by atoms with Crippen molar-refractivity contribution >= 4 is 29.1 Å². The predicted molar refractivity (Wildman–Crippen MR) is 114 cm³/mol. The number of halogens is 1. The van der Waals surface area contributed by atoms with Gasteiger partial charge in [0.05, 0.1) is 30.6 Å². The molecule has 28 heavy (non-hydrogen) atoms. The lowest BCUT2D eigenvalue weighted by molar-refractivity contribution is 0.405. The van der Waals surface area contributed by atoms with Crippen molar-refractivity contribution < 1.29 is 9.47 Å². The molecule has 0 amide bonds. The van der Waals surface area contributed by atoms with Gasteiger partial charge in [0.2, 0.25) is 5.95 Å². The Hall–Kier alpha value is -3.25. The molecule has 2 aromatic carbocycles. The van der Waals surface area contributed by atoms with Gasteiger partial charge in [-0.2, -0.15) is 4.98 Å². The second-order valence-electron chi connectivity index (χ2n) is 5.81. The average molecular weight is 397 g/mol. The number of rotatable bonds is 8. The van der Waals surface area contributed by atoms with Crippen molar-refractivity contribution in [1.82, 2.24) is 9.97 Å². The molecule has 0 aliphatic rings. The van der Waals surface area contributed by atoms with Gasteiger partial charge >= 0.3 is 0 Å². The van der Waals surface area contributed by atoms with Crippen LogP contribution in [0, 0.1) is 0 Å². The van der Waals surface area contributed by atoms with Crippen LogP contribution in [0.2, 0.25) is 5.02 Å². The summed E-state index contributed by atoms with van der Waals surface area (Å²) in [6.45, 7) is 4.32. The molecule has 0 unspecified atom stereocenters. The van der Waals surface area contributed by atoms with Gasteiger partial charge in [-0.3, -0.25) is 0 Å². The Morgan fingerprint density at radius 3 is 2.46 bits per heavy atom. The van der Waals surface area contributed by atoms with Crippen LogP contribution in [0.1, 0.15) is 0 Å². The molecule has 0 bridgehead atoms. The van der Waals surface area contributed by atoms with E-state index in [-0.39, 0.29) is 0 Å². The van der Waals surface area contributed by atoms with E-state index in [4.69, 9.17) is 21.1 Å². The van der Waals surface area contributed by atoms with Gasteiger partial charge in [0.15, 0.2) is 0 Å². The quantitative estimate of drug-likeness (QED) is 0.513. The molecule has 7 heteroatoms. The summed E-state index contributed by atoms with van der Waals surface area (Å²) in [6, 6.07) is 15.2. The Morgan fingerprint density at radius 2 is 1.79 bits per heavy atom. The third-order valence-corrected chi connectivity index (χ3v) is 4.24. The monoisotopic (exact) mass is 396 g/mol.